The summed E-state index contributed by atoms with van der Waals surface area (Å²) in [6.45, 7) is 7.44. The Bertz CT molecular complexity index is 1550. The second-order valence-corrected chi connectivity index (χ2v) is 11.5. The van der Waals surface area contributed by atoms with Crippen LogP contribution in [0.5, 0.6) is 0 Å². The molecule has 0 unspecified atom stereocenters. The predicted octanol–water partition coefficient (Wildman–Crippen LogP) is 5.80. The third-order valence-electron chi connectivity index (χ3n) is 8.31. The lowest BCUT2D eigenvalue weighted by Crippen LogP contribution is -2.52. The summed E-state index contributed by atoms with van der Waals surface area (Å²) in [5.41, 5.74) is 1.58. The minimum absolute atomic E-state index is 0.116. The van der Waals surface area contributed by atoms with Crippen molar-refractivity contribution < 1.29 is 18.8 Å². The second-order valence-electron chi connectivity index (χ2n) is 11.5. The van der Waals surface area contributed by atoms with Crippen LogP contribution in [0.1, 0.15) is 49.2 Å². The number of allylic oxidation sites excluding steroid dienone is 1. The van der Waals surface area contributed by atoms with Gasteiger partial charge in [-0.2, -0.15) is 0 Å². The van der Waals surface area contributed by atoms with Crippen molar-refractivity contribution in [2.75, 3.05) is 10.2 Å². The Hall–Kier alpha value is -4.06. The molecule has 1 spiro atoms. The normalized spacial score (nSPS) is 25.4. The summed E-state index contributed by atoms with van der Waals surface area (Å²) in [5.74, 6) is -2.89. The molecule has 1 saturated heterocycles. The molecular weight excluding hydrogens is 479 g/mol. The fourth-order valence-corrected chi connectivity index (χ4v) is 6.66. The first-order chi connectivity index (χ1) is 18.1. The molecule has 6 heteroatoms. The van der Waals surface area contributed by atoms with Crippen LogP contribution in [-0.4, -0.2) is 29.6 Å². The zero-order valence-electron chi connectivity index (χ0n) is 21.8. The fourth-order valence-electron chi connectivity index (χ4n) is 6.66. The van der Waals surface area contributed by atoms with Gasteiger partial charge in [-0.05, 0) is 42.3 Å². The lowest BCUT2D eigenvalue weighted by Gasteiger charge is -2.39. The van der Waals surface area contributed by atoms with E-state index in [1.807, 2.05) is 87.2 Å². The van der Waals surface area contributed by atoms with Crippen molar-refractivity contribution in [2.24, 2.45) is 11.3 Å². The number of amides is 1. The van der Waals surface area contributed by atoms with Gasteiger partial charge in [0.05, 0.1) is 17.5 Å². The van der Waals surface area contributed by atoms with E-state index in [-0.39, 0.29) is 17.3 Å². The van der Waals surface area contributed by atoms with Gasteiger partial charge in [0, 0.05) is 22.4 Å². The van der Waals surface area contributed by atoms with Crippen LogP contribution in [0.15, 0.2) is 78.9 Å². The van der Waals surface area contributed by atoms with Crippen molar-refractivity contribution in [1.82, 2.24) is 0 Å². The maximum atomic E-state index is 15.2. The first kappa shape index (κ1) is 24.3. The molecule has 0 aromatic heterocycles. The van der Waals surface area contributed by atoms with E-state index in [0.717, 1.165) is 16.8 Å². The van der Waals surface area contributed by atoms with Gasteiger partial charge in [0.2, 0.25) is 5.91 Å². The monoisotopic (exact) mass is 508 g/mol. The topological polar surface area (TPSA) is 66.5 Å². The lowest BCUT2D eigenvalue weighted by molar-refractivity contribution is -0.128. The van der Waals surface area contributed by atoms with Crippen LogP contribution in [0.25, 0.3) is 5.57 Å². The highest BCUT2D eigenvalue weighted by Gasteiger charge is 2.71. The summed E-state index contributed by atoms with van der Waals surface area (Å²) in [7, 11) is 0. The molecule has 0 bridgehead atoms. The molecule has 3 aromatic carbocycles. The average Bonchev–Trinajstić information content (AvgIpc) is 3.36. The highest BCUT2D eigenvalue weighted by molar-refractivity contribution is 6.17. The fraction of sp³-hybridized carbons (Fsp3) is 0.281. The van der Waals surface area contributed by atoms with Crippen LogP contribution in [0.2, 0.25) is 0 Å². The quantitative estimate of drug-likeness (QED) is 0.454. The highest BCUT2D eigenvalue weighted by atomic mass is 19.1. The number of nitrogens with one attached hydrogen (secondary N) is 1. The second kappa shape index (κ2) is 8.22. The number of ketones is 2. The average molecular weight is 509 g/mol. The molecule has 3 aromatic rings. The third kappa shape index (κ3) is 3.12. The van der Waals surface area contributed by atoms with Crippen molar-refractivity contribution in [3.63, 3.8) is 0 Å². The van der Waals surface area contributed by atoms with Gasteiger partial charge in [-0.3, -0.25) is 14.4 Å². The third-order valence-corrected chi connectivity index (χ3v) is 8.31. The van der Waals surface area contributed by atoms with Crippen LogP contribution in [0.4, 0.5) is 15.8 Å². The number of carbonyl (C=O) groups is 3. The van der Waals surface area contributed by atoms with Gasteiger partial charge in [-0.15, -0.1) is 0 Å². The van der Waals surface area contributed by atoms with E-state index in [4.69, 9.17) is 0 Å². The van der Waals surface area contributed by atoms with Crippen molar-refractivity contribution in [3.05, 3.63) is 101 Å². The molecule has 1 N–H and O–H groups in total. The minimum atomic E-state index is -1.43. The van der Waals surface area contributed by atoms with Crippen molar-refractivity contribution in [1.29, 1.82) is 0 Å². The molecule has 4 atom stereocenters. The zero-order valence-corrected chi connectivity index (χ0v) is 21.8. The Morgan fingerprint density at radius 1 is 0.947 bits per heavy atom. The zero-order chi connectivity index (χ0) is 27.0. The van der Waals surface area contributed by atoms with E-state index in [0.29, 0.717) is 11.3 Å². The Morgan fingerprint density at radius 2 is 1.61 bits per heavy atom. The standard InChI is InChI=1S/C32H29FN2O3/c1-18-17-25-32(21-13-7-9-15-23(21)34-30(32)38)26(28(36)20-12-5-8-14-22(20)33)27(29(37)31(2,3)4)35(25)24-16-10-6-11-19(18)24/h5-17,25-27H,1-4H3,(H,34,38)/t25-,26+,27-,32+/m0/s1. The largest absolute Gasteiger partial charge is 0.352 e. The number of hydrogen-bond acceptors (Lipinski definition) is 4. The van der Waals surface area contributed by atoms with E-state index in [9.17, 15) is 14.4 Å². The molecule has 1 fully saturated rings. The van der Waals surface area contributed by atoms with Crippen LogP contribution >= 0.6 is 0 Å². The van der Waals surface area contributed by atoms with Gasteiger partial charge in [-0.25, -0.2) is 4.39 Å². The van der Waals surface area contributed by atoms with Gasteiger partial charge in [0.15, 0.2) is 11.6 Å². The molecule has 3 heterocycles. The first-order valence-electron chi connectivity index (χ1n) is 12.9. The highest BCUT2D eigenvalue weighted by Crippen LogP contribution is 2.59. The van der Waals surface area contributed by atoms with E-state index in [1.54, 1.807) is 6.07 Å². The molecule has 0 saturated carbocycles. The van der Waals surface area contributed by atoms with E-state index >= 15 is 4.39 Å². The van der Waals surface area contributed by atoms with E-state index < -0.39 is 40.4 Å². The summed E-state index contributed by atoms with van der Waals surface area (Å²) in [6.07, 6.45) is 2.00. The Balaban J connectivity index is 1.72. The lowest BCUT2D eigenvalue weighted by atomic mass is 9.63. The van der Waals surface area contributed by atoms with Crippen molar-refractivity contribution >= 4 is 34.4 Å². The Kier molecular flexibility index (Phi) is 5.25. The number of Topliss-reactive ketones (excluding diaryl/α,β-unsaturated/α-hetero) is 2. The summed E-state index contributed by atoms with van der Waals surface area (Å²) < 4.78 is 15.2. The van der Waals surface area contributed by atoms with Crippen LogP contribution in [0, 0.1) is 17.2 Å². The molecule has 0 aliphatic carbocycles. The smallest absolute Gasteiger partial charge is 0.238 e. The summed E-state index contributed by atoms with van der Waals surface area (Å²) in [6, 6.07) is 19.3. The molecule has 192 valence electrons. The van der Waals surface area contributed by atoms with Gasteiger partial charge in [0.1, 0.15) is 17.3 Å². The van der Waals surface area contributed by atoms with Gasteiger partial charge in [-0.1, -0.05) is 75.4 Å². The van der Waals surface area contributed by atoms with Crippen LogP contribution in [0.3, 0.4) is 0 Å². The van der Waals surface area contributed by atoms with Gasteiger partial charge < -0.3 is 10.2 Å². The van der Waals surface area contributed by atoms with Crippen LogP contribution in [-0.2, 0) is 15.0 Å². The Labute approximate surface area is 221 Å². The molecule has 5 nitrogen and oxygen atoms in total. The van der Waals surface area contributed by atoms with Gasteiger partial charge in [0.25, 0.3) is 0 Å². The Morgan fingerprint density at radius 3 is 2.34 bits per heavy atom. The van der Waals surface area contributed by atoms with E-state index in [1.165, 1.54) is 18.2 Å². The SMILES string of the molecule is CC1=C[C@@H]2N(c3ccccc31)[C@H](C(=O)C(C)(C)C)[C@H](C(=O)c1ccccc1F)[C@]21C(=O)Nc2ccccc21. The number of hydrogen-bond donors (Lipinski definition) is 1. The predicted molar refractivity (Wildman–Crippen MR) is 146 cm³/mol. The number of carbonyl (C=O) groups excluding carboxylic acids is 3. The number of benzene rings is 3. The molecular formula is C32H29FN2O3. The summed E-state index contributed by atoms with van der Waals surface area (Å²) in [4.78, 5) is 45.1. The molecule has 38 heavy (non-hydrogen) atoms. The maximum absolute atomic E-state index is 15.2. The summed E-state index contributed by atoms with van der Waals surface area (Å²) >= 11 is 0. The molecule has 3 aliphatic rings. The number of rotatable bonds is 3. The molecule has 1 amide bonds. The van der Waals surface area contributed by atoms with Gasteiger partial charge >= 0.3 is 0 Å². The maximum Gasteiger partial charge on any atom is 0.238 e. The van der Waals surface area contributed by atoms with Crippen molar-refractivity contribution in [3.8, 4) is 0 Å². The minimum Gasteiger partial charge on any atom is -0.352 e. The first-order valence-corrected chi connectivity index (χ1v) is 12.9. The number of fused-ring (bicyclic) bond motifs is 6. The molecule has 0 radical (unpaired) electrons. The molecule has 3 aliphatic heterocycles. The number of halogens is 1. The van der Waals surface area contributed by atoms with Crippen molar-refractivity contribution in [2.45, 2.75) is 45.2 Å². The van der Waals surface area contributed by atoms with E-state index in [2.05, 4.69) is 5.32 Å². The van der Waals surface area contributed by atoms with Crippen LogP contribution < -0.4 is 10.2 Å². The number of nitrogens with zero attached hydrogens (tertiary/aromatic N) is 1. The number of anilines is 2. The summed E-state index contributed by atoms with van der Waals surface area (Å²) in [5, 5.41) is 3.00. The number of para-hydroxylation sites is 2. The molecule has 6 rings (SSSR count).